The lowest BCUT2D eigenvalue weighted by Crippen LogP contribution is -2.11. The fourth-order valence-electron chi connectivity index (χ4n) is 0.433. The van der Waals surface area contributed by atoms with Crippen molar-refractivity contribution in [3.8, 4) is 12.3 Å². The van der Waals surface area contributed by atoms with Crippen molar-refractivity contribution in [2.45, 2.75) is 25.4 Å². The summed E-state index contributed by atoms with van der Waals surface area (Å²) in [6.07, 6.45) is 7.59. The molecule has 0 rings (SSSR count). The Morgan fingerprint density at radius 3 is 2.75 bits per heavy atom. The summed E-state index contributed by atoms with van der Waals surface area (Å²) in [6, 6.07) is 0. The van der Waals surface area contributed by atoms with Crippen molar-refractivity contribution in [2.24, 2.45) is 0 Å². The molecule has 66 valence electrons. The quantitative estimate of drug-likeness (QED) is 0.285. The molecule has 0 aliphatic carbocycles. The molecule has 0 aromatic carbocycles. The molecular weight excluding hydrogens is 171 g/mol. The second-order valence-electron chi connectivity index (χ2n) is 2.87. The van der Waals surface area contributed by atoms with E-state index < -0.39 is 13.2 Å². The van der Waals surface area contributed by atoms with E-state index in [1.54, 1.807) is 19.9 Å². The Morgan fingerprint density at radius 1 is 1.75 bits per heavy atom. The maximum Gasteiger partial charge on any atom is 0.527 e. The van der Waals surface area contributed by atoms with Gasteiger partial charge in [0.15, 0.2) is 0 Å². The number of terminal acetylenes is 1. The molecular formula is C9H14O2P+. The molecule has 1 atom stereocenters. The van der Waals surface area contributed by atoms with Crippen LogP contribution in [0.2, 0.25) is 0 Å². The van der Waals surface area contributed by atoms with Crippen LogP contribution in [0.5, 0.6) is 0 Å². The molecule has 0 aliphatic rings. The SMILES string of the molecule is C#CC(C)(C)[P+](=O)OCCC=C. The molecule has 2 nitrogen and oxygen atoms in total. The smallest absolute Gasteiger partial charge is 0.145 e. The molecule has 0 aliphatic heterocycles. The Kier molecular flexibility index (Phi) is 4.81. The first-order chi connectivity index (χ1) is 5.54. The second kappa shape index (κ2) is 5.09. The van der Waals surface area contributed by atoms with Crippen molar-refractivity contribution in [3.63, 3.8) is 0 Å². The Morgan fingerprint density at radius 2 is 2.33 bits per heavy atom. The maximum atomic E-state index is 11.3. The Balaban J connectivity index is 3.89. The van der Waals surface area contributed by atoms with E-state index in [-0.39, 0.29) is 0 Å². The topological polar surface area (TPSA) is 26.3 Å². The third kappa shape index (κ3) is 3.67. The van der Waals surface area contributed by atoms with Crippen LogP contribution in [-0.4, -0.2) is 11.8 Å². The van der Waals surface area contributed by atoms with Crippen molar-refractivity contribution in [3.05, 3.63) is 12.7 Å². The lowest BCUT2D eigenvalue weighted by atomic mass is 10.2. The van der Waals surface area contributed by atoms with Crippen LogP contribution in [0.4, 0.5) is 0 Å². The normalized spacial score (nSPS) is 11.9. The van der Waals surface area contributed by atoms with Crippen molar-refractivity contribution in [1.82, 2.24) is 0 Å². The minimum atomic E-state index is -1.77. The van der Waals surface area contributed by atoms with E-state index in [1.807, 2.05) is 0 Å². The highest BCUT2D eigenvalue weighted by Crippen LogP contribution is 2.38. The molecule has 0 aromatic rings. The second-order valence-corrected chi connectivity index (χ2v) is 4.76. The van der Waals surface area contributed by atoms with Gasteiger partial charge in [-0.15, -0.1) is 17.5 Å². The van der Waals surface area contributed by atoms with Gasteiger partial charge in [0.1, 0.15) is 6.61 Å². The van der Waals surface area contributed by atoms with E-state index in [1.165, 1.54) is 0 Å². The summed E-state index contributed by atoms with van der Waals surface area (Å²) in [5.41, 5.74) is 0. The third-order valence-corrected chi connectivity index (χ3v) is 2.80. The summed E-state index contributed by atoms with van der Waals surface area (Å²) >= 11 is 0. The van der Waals surface area contributed by atoms with Crippen molar-refractivity contribution < 1.29 is 9.09 Å². The van der Waals surface area contributed by atoms with Gasteiger partial charge in [-0.25, -0.2) is 0 Å². The fraction of sp³-hybridized carbons (Fsp3) is 0.556. The van der Waals surface area contributed by atoms with Crippen LogP contribution >= 0.6 is 8.03 Å². The van der Waals surface area contributed by atoms with Gasteiger partial charge in [0.25, 0.3) is 5.16 Å². The lowest BCUT2D eigenvalue weighted by molar-refractivity contribution is 0.327. The number of rotatable bonds is 5. The van der Waals surface area contributed by atoms with Gasteiger partial charge in [0.2, 0.25) is 0 Å². The van der Waals surface area contributed by atoms with Crippen LogP contribution in [0, 0.1) is 12.3 Å². The number of hydrogen-bond acceptors (Lipinski definition) is 2. The van der Waals surface area contributed by atoms with Gasteiger partial charge >= 0.3 is 8.03 Å². The van der Waals surface area contributed by atoms with Gasteiger partial charge in [-0.3, -0.25) is 0 Å². The maximum absolute atomic E-state index is 11.3. The van der Waals surface area contributed by atoms with E-state index >= 15 is 0 Å². The molecule has 12 heavy (non-hydrogen) atoms. The first kappa shape index (κ1) is 11.4. The minimum Gasteiger partial charge on any atom is -0.145 e. The highest BCUT2D eigenvalue weighted by Gasteiger charge is 2.39. The van der Waals surface area contributed by atoms with Crippen LogP contribution < -0.4 is 0 Å². The summed E-state index contributed by atoms with van der Waals surface area (Å²) in [4.78, 5) is 0. The summed E-state index contributed by atoms with van der Waals surface area (Å²) < 4.78 is 16.4. The predicted molar refractivity (Wildman–Crippen MR) is 51.3 cm³/mol. The molecule has 0 fully saturated rings. The minimum absolute atomic E-state index is 0.420. The monoisotopic (exact) mass is 185 g/mol. The highest BCUT2D eigenvalue weighted by atomic mass is 31.1. The van der Waals surface area contributed by atoms with Gasteiger partial charge in [-0.05, 0) is 30.8 Å². The summed E-state index contributed by atoms with van der Waals surface area (Å²) in [5.74, 6) is 2.43. The molecule has 0 aromatic heterocycles. The molecule has 0 spiro atoms. The largest absolute Gasteiger partial charge is 0.527 e. The summed E-state index contributed by atoms with van der Waals surface area (Å²) in [7, 11) is -1.77. The molecule has 0 N–H and O–H groups in total. The zero-order chi connectivity index (χ0) is 9.61. The van der Waals surface area contributed by atoms with E-state index in [4.69, 9.17) is 10.9 Å². The Bertz CT molecular complexity index is 213. The van der Waals surface area contributed by atoms with Crippen LogP contribution in [0.3, 0.4) is 0 Å². The highest BCUT2D eigenvalue weighted by molar-refractivity contribution is 7.41. The van der Waals surface area contributed by atoms with Crippen molar-refractivity contribution in [2.75, 3.05) is 6.61 Å². The number of hydrogen-bond donors (Lipinski definition) is 0. The first-order valence-electron chi connectivity index (χ1n) is 3.73. The van der Waals surface area contributed by atoms with E-state index in [9.17, 15) is 4.57 Å². The van der Waals surface area contributed by atoms with E-state index in [0.29, 0.717) is 13.0 Å². The zero-order valence-electron chi connectivity index (χ0n) is 7.54. The van der Waals surface area contributed by atoms with E-state index in [0.717, 1.165) is 0 Å². The summed E-state index contributed by atoms with van der Waals surface area (Å²) in [6.45, 7) is 7.39. The Labute approximate surface area is 74.9 Å². The molecule has 0 saturated carbocycles. The Hall–Kier alpha value is -0.640. The van der Waals surface area contributed by atoms with Crippen molar-refractivity contribution >= 4 is 8.03 Å². The third-order valence-electron chi connectivity index (χ3n) is 1.34. The molecule has 0 amide bonds. The molecule has 0 saturated heterocycles. The first-order valence-corrected chi connectivity index (χ1v) is 4.91. The molecule has 3 heteroatoms. The standard InChI is InChI=1S/C9H14O2P/c1-5-7-8-11-12(10)9(3,4)6-2/h2,5H,1,7-8H2,3-4H3/q+1. The lowest BCUT2D eigenvalue weighted by Gasteiger charge is -2.01. The summed E-state index contributed by atoms with van der Waals surface area (Å²) in [5, 5.41) is -0.670. The van der Waals surface area contributed by atoms with Crippen LogP contribution in [0.15, 0.2) is 12.7 Å². The molecule has 0 heterocycles. The van der Waals surface area contributed by atoms with Gasteiger partial charge in [-0.2, -0.15) is 0 Å². The molecule has 0 radical (unpaired) electrons. The van der Waals surface area contributed by atoms with Crippen LogP contribution in [0.1, 0.15) is 20.3 Å². The van der Waals surface area contributed by atoms with Gasteiger partial charge in [0.05, 0.1) is 0 Å². The molecule has 0 bridgehead atoms. The van der Waals surface area contributed by atoms with Gasteiger partial charge in [0, 0.05) is 0 Å². The predicted octanol–water partition coefficient (Wildman–Crippen LogP) is 2.73. The van der Waals surface area contributed by atoms with Crippen molar-refractivity contribution in [1.29, 1.82) is 0 Å². The average Bonchev–Trinajstić information content (AvgIpc) is 2.05. The average molecular weight is 185 g/mol. The van der Waals surface area contributed by atoms with E-state index in [2.05, 4.69) is 12.5 Å². The zero-order valence-corrected chi connectivity index (χ0v) is 8.43. The van der Waals surface area contributed by atoms with Gasteiger partial charge in [-0.1, -0.05) is 6.08 Å². The van der Waals surface area contributed by atoms with Gasteiger partial charge < -0.3 is 0 Å². The van der Waals surface area contributed by atoms with Crippen LogP contribution in [-0.2, 0) is 9.09 Å². The molecule has 1 unspecified atom stereocenters. The fourth-order valence-corrected chi connectivity index (χ4v) is 1.13. The van der Waals surface area contributed by atoms with Crippen LogP contribution in [0.25, 0.3) is 0 Å².